The molecular weight excluding hydrogens is 352 g/mol. The second-order valence-electron chi connectivity index (χ2n) is 6.07. The third-order valence-electron chi connectivity index (χ3n) is 4.20. The lowest BCUT2D eigenvalue weighted by atomic mass is 10.2. The second kappa shape index (κ2) is 7.84. The zero-order chi connectivity index (χ0) is 19.3. The topological polar surface area (TPSA) is 77.0 Å². The Bertz CT molecular complexity index is 1110. The molecule has 2 aromatic heterocycles. The van der Waals surface area contributed by atoms with Crippen LogP contribution < -0.4 is 5.32 Å². The Balaban J connectivity index is 1.71. The van der Waals surface area contributed by atoms with Gasteiger partial charge in [0.15, 0.2) is 5.82 Å². The first-order valence-corrected chi connectivity index (χ1v) is 8.96. The maximum Gasteiger partial charge on any atom is 0.338 e. The highest BCUT2D eigenvalue weighted by molar-refractivity contribution is 5.93. The van der Waals surface area contributed by atoms with Crippen LogP contribution in [-0.4, -0.2) is 27.5 Å². The predicted molar refractivity (Wildman–Crippen MR) is 108 cm³/mol. The zero-order valence-electron chi connectivity index (χ0n) is 15.3. The number of esters is 1. The van der Waals surface area contributed by atoms with Gasteiger partial charge in [-0.3, -0.25) is 4.98 Å². The molecule has 1 N–H and O–H groups in total. The summed E-state index contributed by atoms with van der Waals surface area (Å²) in [5.74, 6) is 0.981. The summed E-state index contributed by atoms with van der Waals surface area (Å²) in [6.07, 6.45) is 3.43. The highest BCUT2D eigenvalue weighted by Crippen LogP contribution is 2.27. The summed E-state index contributed by atoms with van der Waals surface area (Å²) >= 11 is 0. The molecule has 0 spiro atoms. The van der Waals surface area contributed by atoms with Crippen molar-refractivity contribution in [2.75, 3.05) is 11.9 Å². The number of hydrogen-bond donors (Lipinski definition) is 1. The molecule has 0 fully saturated rings. The molecule has 0 saturated carbocycles. The number of nitrogens with one attached hydrogen (secondary N) is 1. The number of benzene rings is 2. The van der Waals surface area contributed by atoms with Gasteiger partial charge >= 0.3 is 5.97 Å². The van der Waals surface area contributed by atoms with Crippen LogP contribution in [0.4, 0.5) is 11.5 Å². The first-order valence-electron chi connectivity index (χ1n) is 8.96. The summed E-state index contributed by atoms with van der Waals surface area (Å²) in [4.78, 5) is 25.2. The Labute approximate surface area is 162 Å². The van der Waals surface area contributed by atoms with Gasteiger partial charge in [0.05, 0.1) is 17.7 Å². The van der Waals surface area contributed by atoms with Gasteiger partial charge in [-0.05, 0) is 55.5 Å². The van der Waals surface area contributed by atoms with Gasteiger partial charge in [-0.25, -0.2) is 14.8 Å². The summed E-state index contributed by atoms with van der Waals surface area (Å²) in [6, 6.07) is 18.7. The van der Waals surface area contributed by atoms with E-state index < -0.39 is 0 Å². The van der Waals surface area contributed by atoms with Crippen LogP contribution in [0.3, 0.4) is 0 Å². The summed E-state index contributed by atoms with van der Waals surface area (Å²) in [6.45, 7) is 2.14. The molecule has 6 heteroatoms. The number of ether oxygens (including phenoxy) is 1. The van der Waals surface area contributed by atoms with Crippen LogP contribution in [0.1, 0.15) is 17.3 Å². The number of pyridine rings is 1. The van der Waals surface area contributed by atoms with Crippen LogP contribution in [0, 0.1) is 0 Å². The van der Waals surface area contributed by atoms with Crippen molar-refractivity contribution in [3.63, 3.8) is 0 Å². The molecule has 28 heavy (non-hydrogen) atoms. The van der Waals surface area contributed by atoms with Crippen LogP contribution >= 0.6 is 0 Å². The average molecular weight is 370 g/mol. The molecule has 138 valence electrons. The standard InChI is InChI=1S/C22H18N4O2/c1-2-28-22(27)16-7-9-17(10-8-16)24-21-18-5-3-4-6-19(18)25-20(26-21)15-11-13-23-14-12-15/h3-14H,2H2,1H3,(H,24,25,26). The second-order valence-corrected chi connectivity index (χ2v) is 6.07. The highest BCUT2D eigenvalue weighted by Gasteiger charge is 2.10. The molecule has 0 atom stereocenters. The van der Waals surface area contributed by atoms with E-state index in [1.807, 2.05) is 48.5 Å². The molecule has 2 heterocycles. The normalized spacial score (nSPS) is 10.6. The summed E-state index contributed by atoms with van der Waals surface area (Å²) < 4.78 is 5.02. The minimum atomic E-state index is -0.332. The van der Waals surface area contributed by atoms with Gasteiger partial charge in [0, 0.05) is 29.0 Å². The maximum absolute atomic E-state index is 11.8. The molecule has 4 aromatic rings. The van der Waals surface area contributed by atoms with Crippen molar-refractivity contribution < 1.29 is 9.53 Å². The first kappa shape index (κ1) is 17.6. The maximum atomic E-state index is 11.8. The Kier molecular flexibility index (Phi) is 4.93. The Hall–Kier alpha value is -3.80. The number of hydrogen-bond acceptors (Lipinski definition) is 6. The number of rotatable bonds is 5. The smallest absolute Gasteiger partial charge is 0.338 e. The van der Waals surface area contributed by atoms with E-state index >= 15 is 0 Å². The Morgan fingerprint density at radius 2 is 1.71 bits per heavy atom. The number of anilines is 2. The minimum absolute atomic E-state index is 0.332. The van der Waals surface area contributed by atoms with Crippen molar-refractivity contribution in [3.8, 4) is 11.4 Å². The number of aromatic nitrogens is 3. The molecule has 6 nitrogen and oxygen atoms in total. The fourth-order valence-corrected chi connectivity index (χ4v) is 2.84. The average Bonchev–Trinajstić information content (AvgIpc) is 2.75. The SMILES string of the molecule is CCOC(=O)c1ccc(Nc2nc(-c3ccncc3)nc3ccccc23)cc1. The lowest BCUT2D eigenvalue weighted by molar-refractivity contribution is 0.0526. The molecule has 0 unspecified atom stereocenters. The number of nitrogens with zero attached hydrogens (tertiary/aromatic N) is 3. The van der Waals surface area contributed by atoms with Crippen LogP contribution in [0.2, 0.25) is 0 Å². The quantitative estimate of drug-likeness (QED) is 0.517. The summed E-state index contributed by atoms with van der Waals surface area (Å²) in [5.41, 5.74) is 3.06. The van der Waals surface area contributed by atoms with Gasteiger partial charge in [-0.15, -0.1) is 0 Å². The molecule has 0 aliphatic heterocycles. The van der Waals surface area contributed by atoms with Crippen LogP contribution in [0.15, 0.2) is 73.1 Å². The van der Waals surface area contributed by atoms with Crippen molar-refractivity contribution in [1.29, 1.82) is 0 Å². The van der Waals surface area contributed by atoms with E-state index in [-0.39, 0.29) is 5.97 Å². The third-order valence-corrected chi connectivity index (χ3v) is 4.20. The zero-order valence-corrected chi connectivity index (χ0v) is 15.3. The monoisotopic (exact) mass is 370 g/mol. The molecule has 0 aliphatic carbocycles. The van der Waals surface area contributed by atoms with Crippen molar-refractivity contribution in [1.82, 2.24) is 15.0 Å². The Morgan fingerprint density at radius 3 is 2.46 bits per heavy atom. The predicted octanol–water partition coefficient (Wildman–Crippen LogP) is 4.61. The number of fused-ring (bicyclic) bond motifs is 1. The van der Waals surface area contributed by atoms with Crippen LogP contribution in [-0.2, 0) is 4.74 Å². The van der Waals surface area contributed by atoms with E-state index in [1.54, 1.807) is 31.5 Å². The van der Waals surface area contributed by atoms with E-state index in [9.17, 15) is 4.79 Å². The van der Waals surface area contributed by atoms with Crippen LogP contribution in [0.5, 0.6) is 0 Å². The van der Waals surface area contributed by atoms with Gasteiger partial charge in [0.25, 0.3) is 0 Å². The van der Waals surface area contributed by atoms with Gasteiger partial charge in [0.1, 0.15) is 5.82 Å². The molecular formula is C22H18N4O2. The largest absolute Gasteiger partial charge is 0.462 e. The number of para-hydroxylation sites is 1. The summed E-state index contributed by atoms with van der Waals surface area (Å²) in [7, 11) is 0. The third kappa shape index (κ3) is 3.66. The van der Waals surface area contributed by atoms with Crippen molar-refractivity contribution in [3.05, 3.63) is 78.6 Å². The van der Waals surface area contributed by atoms with Gasteiger partial charge in [-0.2, -0.15) is 0 Å². The van der Waals surface area contributed by atoms with Crippen molar-refractivity contribution in [2.45, 2.75) is 6.92 Å². The molecule has 0 aliphatic rings. The van der Waals surface area contributed by atoms with Crippen molar-refractivity contribution >= 4 is 28.4 Å². The first-order chi connectivity index (χ1) is 13.7. The van der Waals surface area contributed by atoms with Gasteiger partial charge in [-0.1, -0.05) is 12.1 Å². The molecule has 2 aromatic carbocycles. The van der Waals surface area contributed by atoms with E-state index in [2.05, 4.69) is 15.3 Å². The lowest BCUT2D eigenvalue weighted by Crippen LogP contribution is -2.04. The fourth-order valence-electron chi connectivity index (χ4n) is 2.84. The highest BCUT2D eigenvalue weighted by atomic mass is 16.5. The van der Waals surface area contributed by atoms with Crippen molar-refractivity contribution in [2.24, 2.45) is 0 Å². The molecule has 0 saturated heterocycles. The van der Waals surface area contributed by atoms with E-state index in [1.165, 1.54) is 0 Å². The van der Waals surface area contributed by atoms with E-state index in [0.717, 1.165) is 22.2 Å². The fraction of sp³-hybridized carbons (Fsp3) is 0.0909. The van der Waals surface area contributed by atoms with Gasteiger partial charge in [0.2, 0.25) is 0 Å². The molecule has 0 radical (unpaired) electrons. The lowest BCUT2D eigenvalue weighted by Gasteiger charge is -2.11. The van der Waals surface area contributed by atoms with E-state index in [0.29, 0.717) is 23.8 Å². The summed E-state index contributed by atoms with van der Waals surface area (Å²) in [5, 5.41) is 4.25. The molecule has 4 rings (SSSR count). The Morgan fingerprint density at radius 1 is 0.964 bits per heavy atom. The van der Waals surface area contributed by atoms with Gasteiger partial charge < -0.3 is 10.1 Å². The number of carbonyl (C=O) groups is 1. The number of carbonyl (C=O) groups excluding carboxylic acids is 1. The van der Waals surface area contributed by atoms with Crippen LogP contribution in [0.25, 0.3) is 22.3 Å². The molecule has 0 amide bonds. The minimum Gasteiger partial charge on any atom is -0.462 e. The molecule has 0 bridgehead atoms. The van der Waals surface area contributed by atoms with E-state index in [4.69, 9.17) is 9.72 Å².